The molecule has 0 fully saturated rings. The standard InChI is InChI=1S/C42H80N2O4/c1-4-6-8-10-12-14-16-18-20-22-24-26-28-30-32-34-36-47-39-41(38-44(40(3)45)42(43)46)48-37-35-33-31-29-27-25-23-21-19-17-15-13-11-9-7-5-2/h12-15,18-21,40-42,45-46H,4-11,16-17,22-39,43H2,1-3H3/b14-12-,15-13-,20-18-,21-19-. The van der Waals surface area contributed by atoms with Gasteiger partial charge in [-0.3, -0.25) is 5.73 Å². The third kappa shape index (κ3) is 34.6. The minimum atomic E-state index is -1.23. The highest BCUT2D eigenvalue weighted by Crippen LogP contribution is 2.12. The summed E-state index contributed by atoms with van der Waals surface area (Å²) >= 11 is 0. The monoisotopic (exact) mass is 677 g/mol. The number of nitrogens with zero attached hydrogens (tertiary/aromatic N) is 1. The molecule has 0 rings (SSSR count). The molecule has 6 nitrogen and oxygen atoms in total. The van der Waals surface area contributed by atoms with Crippen LogP contribution in [0.4, 0.5) is 0 Å². The Hall–Kier alpha value is -1.28. The van der Waals surface area contributed by atoms with Crippen molar-refractivity contribution in [2.24, 2.45) is 5.73 Å². The molecule has 3 unspecified atom stereocenters. The average molecular weight is 677 g/mol. The molecule has 282 valence electrons. The second-order valence-electron chi connectivity index (χ2n) is 13.5. The Morgan fingerprint density at radius 2 is 0.938 bits per heavy atom. The first-order valence-electron chi connectivity index (χ1n) is 20.2. The summed E-state index contributed by atoms with van der Waals surface area (Å²) in [5.41, 5.74) is 5.69. The summed E-state index contributed by atoms with van der Waals surface area (Å²) in [6.07, 6.45) is 45.5. The van der Waals surface area contributed by atoms with Gasteiger partial charge in [0.25, 0.3) is 0 Å². The van der Waals surface area contributed by atoms with E-state index in [9.17, 15) is 10.2 Å². The molecule has 3 atom stereocenters. The van der Waals surface area contributed by atoms with E-state index in [1.54, 1.807) is 6.92 Å². The Kier molecular flexibility index (Phi) is 37.5. The molecule has 0 aliphatic carbocycles. The normalized spacial score (nSPS) is 14.5. The molecule has 0 bridgehead atoms. The molecule has 0 spiro atoms. The number of aliphatic hydroxyl groups is 2. The Morgan fingerprint density at radius 3 is 1.35 bits per heavy atom. The number of aliphatic hydroxyl groups excluding tert-OH is 2. The zero-order valence-corrected chi connectivity index (χ0v) is 31.9. The molecule has 0 saturated heterocycles. The van der Waals surface area contributed by atoms with Crippen molar-refractivity contribution in [2.45, 2.75) is 194 Å². The maximum Gasteiger partial charge on any atom is 0.162 e. The molecule has 0 aliphatic heterocycles. The van der Waals surface area contributed by atoms with Crippen molar-refractivity contribution in [3.63, 3.8) is 0 Å². The molecule has 0 aromatic carbocycles. The van der Waals surface area contributed by atoms with Crippen molar-refractivity contribution in [1.82, 2.24) is 4.90 Å². The first-order chi connectivity index (χ1) is 23.5. The maximum absolute atomic E-state index is 10.1. The average Bonchev–Trinajstić information content (AvgIpc) is 3.07. The van der Waals surface area contributed by atoms with Crippen molar-refractivity contribution in [1.29, 1.82) is 0 Å². The first-order valence-corrected chi connectivity index (χ1v) is 20.2. The van der Waals surface area contributed by atoms with Gasteiger partial charge in [-0.15, -0.1) is 0 Å². The van der Waals surface area contributed by atoms with Gasteiger partial charge in [-0.05, 0) is 84.0 Å². The predicted molar refractivity (Wildman–Crippen MR) is 208 cm³/mol. The van der Waals surface area contributed by atoms with Gasteiger partial charge in [-0.2, -0.15) is 0 Å². The van der Waals surface area contributed by atoms with E-state index in [4.69, 9.17) is 15.2 Å². The van der Waals surface area contributed by atoms with E-state index in [2.05, 4.69) is 62.5 Å². The quantitative estimate of drug-likeness (QED) is 0.0345. The summed E-state index contributed by atoms with van der Waals surface area (Å²) < 4.78 is 12.1. The van der Waals surface area contributed by atoms with Crippen molar-refractivity contribution in [3.8, 4) is 0 Å². The van der Waals surface area contributed by atoms with Crippen LogP contribution in [0.3, 0.4) is 0 Å². The van der Waals surface area contributed by atoms with Gasteiger partial charge in [-0.1, -0.05) is 140 Å². The van der Waals surface area contributed by atoms with E-state index < -0.39 is 12.6 Å². The molecule has 4 N–H and O–H groups in total. The second-order valence-corrected chi connectivity index (χ2v) is 13.5. The third-order valence-electron chi connectivity index (χ3n) is 8.73. The Labute approximate surface area is 298 Å². The SMILES string of the molecule is CCCCC/C=C\C/C=C\CCCCCCCCOCC(CN(C(C)O)C(N)O)OCCCCCCCC/C=C\C/C=C\CCCCC. The minimum absolute atomic E-state index is 0.236. The summed E-state index contributed by atoms with van der Waals surface area (Å²) in [6.45, 7) is 8.25. The molecular weight excluding hydrogens is 596 g/mol. The number of hydrogen-bond acceptors (Lipinski definition) is 6. The van der Waals surface area contributed by atoms with Gasteiger partial charge >= 0.3 is 0 Å². The van der Waals surface area contributed by atoms with E-state index >= 15 is 0 Å². The molecule has 0 radical (unpaired) electrons. The molecule has 0 heterocycles. The summed E-state index contributed by atoms with van der Waals surface area (Å²) in [4.78, 5) is 1.44. The van der Waals surface area contributed by atoms with Gasteiger partial charge in [0.2, 0.25) is 0 Å². The minimum Gasteiger partial charge on any atom is -0.379 e. The predicted octanol–water partition coefficient (Wildman–Crippen LogP) is 10.9. The fourth-order valence-corrected chi connectivity index (χ4v) is 5.62. The van der Waals surface area contributed by atoms with Crippen molar-refractivity contribution < 1.29 is 19.7 Å². The molecule has 6 heteroatoms. The van der Waals surface area contributed by atoms with Gasteiger partial charge in [0.15, 0.2) is 6.35 Å². The summed E-state index contributed by atoms with van der Waals surface area (Å²) in [7, 11) is 0. The van der Waals surface area contributed by atoms with Crippen molar-refractivity contribution in [3.05, 3.63) is 48.6 Å². The molecule has 0 aromatic heterocycles. The second kappa shape index (κ2) is 38.5. The highest BCUT2D eigenvalue weighted by atomic mass is 16.5. The molecule has 48 heavy (non-hydrogen) atoms. The third-order valence-corrected chi connectivity index (χ3v) is 8.73. The zero-order chi connectivity index (χ0) is 35.2. The molecule has 0 saturated carbocycles. The number of rotatable bonds is 37. The highest BCUT2D eigenvalue weighted by molar-refractivity contribution is 4.93. The Bertz CT molecular complexity index is 742. The van der Waals surface area contributed by atoms with Crippen LogP contribution in [-0.4, -0.2) is 60.2 Å². The first kappa shape index (κ1) is 46.7. The van der Waals surface area contributed by atoms with Crippen LogP contribution >= 0.6 is 0 Å². The molecule has 0 amide bonds. The van der Waals surface area contributed by atoms with E-state index in [-0.39, 0.29) is 6.10 Å². The van der Waals surface area contributed by atoms with Gasteiger partial charge < -0.3 is 19.7 Å². The zero-order valence-electron chi connectivity index (χ0n) is 31.9. The largest absolute Gasteiger partial charge is 0.379 e. The number of nitrogens with two attached hydrogens (primary N) is 1. The van der Waals surface area contributed by atoms with E-state index in [0.717, 1.165) is 32.1 Å². The fourth-order valence-electron chi connectivity index (χ4n) is 5.62. The van der Waals surface area contributed by atoms with E-state index in [1.807, 2.05) is 0 Å². The smallest absolute Gasteiger partial charge is 0.162 e. The van der Waals surface area contributed by atoms with Crippen LogP contribution in [0.1, 0.15) is 175 Å². The fraction of sp³-hybridized carbons (Fsp3) is 0.810. The van der Waals surface area contributed by atoms with Gasteiger partial charge in [0.1, 0.15) is 6.23 Å². The highest BCUT2D eigenvalue weighted by Gasteiger charge is 2.22. The van der Waals surface area contributed by atoms with Crippen LogP contribution in [0.15, 0.2) is 48.6 Å². The van der Waals surface area contributed by atoms with E-state index in [0.29, 0.717) is 26.4 Å². The lowest BCUT2D eigenvalue weighted by Crippen LogP contribution is -2.51. The lowest BCUT2D eigenvalue weighted by atomic mass is 10.1. The van der Waals surface area contributed by atoms with Gasteiger partial charge in [0.05, 0.1) is 12.7 Å². The van der Waals surface area contributed by atoms with Crippen molar-refractivity contribution in [2.75, 3.05) is 26.4 Å². The summed E-state index contributed by atoms with van der Waals surface area (Å²) in [5.74, 6) is 0. The van der Waals surface area contributed by atoms with Gasteiger partial charge in [0, 0.05) is 19.8 Å². The lowest BCUT2D eigenvalue weighted by molar-refractivity contribution is -0.124. The topological polar surface area (TPSA) is 88.2 Å². The number of allylic oxidation sites excluding steroid dienone is 8. The van der Waals surface area contributed by atoms with Crippen LogP contribution in [0, 0.1) is 0 Å². The molecule has 0 aromatic rings. The molecule has 0 aliphatic rings. The number of ether oxygens (including phenoxy) is 2. The Morgan fingerprint density at radius 1 is 0.542 bits per heavy atom. The number of unbranched alkanes of at least 4 members (excludes halogenated alkanes) is 18. The maximum atomic E-state index is 10.1. The van der Waals surface area contributed by atoms with Crippen LogP contribution in [0.2, 0.25) is 0 Å². The van der Waals surface area contributed by atoms with Crippen LogP contribution in [0.5, 0.6) is 0 Å². The van der Waals surface area contributed by atoms with Crippen molar-refractivity contribution >= 4 is 0 Å². The molecular formula is C42H80N2O4. The summed E-state index contributed by atoms with van der Waals surface area (Å²) in [6, 6.07) is 0. The Balaban J connectivity index is 3.96. The van der Waals surface area contributed by atoms with Crippen LogP contribution in [0.25, 0.3) is 0 Å². The van der Waals surface area contributed by atoms with Crippen LogP contribution in [-0.2, 0) is 9.47 Å². The van der Waals surface area contributed by atoms with Crippen LogP contribution < -0.4 is 5.73 Å². The number of hydrogen-bond donors (Lipinski definition) is 3. The summed E-state index contributed by atoms with van der Waals surface area (Å²) in [5, 5.41) is 20.0. The van der Waals surface area contributed by atoms with Gasteiger partial charge in [-0.25, -0.2) is 4.90 Å². The lowest BCUT2D eigenvalue weighted by Gasteiger charge is -2.31. The van der Waals surface area contributed by atoms with E-state index in [1.165, 1.54) is 127 Å².